The first kappa shape index (κ1) is 13.5. The van der Waals surface area contributed by atoms with E-state index in [1.807, 2.05) is 12.3 Å². The van der Waals surface area contributed by atoms with Gasteiger partial charge in [0.15, 0.2) is 5.78 Å². The van der Waals surface area contributed by atoms with E-state index in [1.54, 1.807) is 32.4 Å². The van der Waals surface area contributed by atoms with Crippen LogP contribution >= 0.6 is 11.3 Å². The van der Waals surface area contributed by atoms with Crippen LogP contribution in [-0.2, 0) is 6.42 Å². The second kappa shape index (κ2) is 5.84. The number of hydrogen-bond acceptors (Lipinski definition) is 5. The van der Waals surface area contributed by atoms with Crippen LogP contribution in [0.5, 0.6) is 11.5 Å². The number of aryl methyl sites for hydroxylation is 1. The molecule has 0 unspecified atom stereocenters. The zero-order valence-electron chi connectivity index (χ0n) is 11.1. The number of aromatic nitrogens is 1. The lowest BCUT2D eigenvalue weighted by atomic mass is 10.1. The van der Waals surface area contributed by atoms with Crippen LogP contribution in [0.25, 0.3) is 0 Å². The minimum atomic E-state index is -0.0522. The van der Waals surface area contributed by atoms with Gasteiger partial charge in [-0.05, 0) is 19.1 Å². The number of Topliss-reactive ketones (excluding diaryl/α,β-unsaturated/α-hetero) is 1. The van der Waals surface area contributed by atoms with Crippen molar-refractivity contribution in [3.05, 3.63) is 39.8 Å². The van der Waals surface area contributed by atoms with Gasteiger partial charge in [0.2, 0.25) is 0 Å². The molecule has 0 spiro atoms. The summed E-state index contributed by atoms with van der Waals surface area (Å²) in [6, 6.07) is 5.30. The Kier molecular flexibility index (Phi) is 4.16. The topological polar surface area (TPSA) is 48.4 Å². The molecule has 0 aliphatic rings. The number of carbonyl (C=O) groups excluding carboxylic acids is 1. The summed E-state index contributed by atoms with van der Waals surface area (Å²) in [6.45, 7) is 1.91. The molecular formula is C14H15NO3S. The fraction of sp³-hybridized carbons (Fsp3) is 0.286. The minimum absolute atomic E-state index is 0.0522. The quantitative estimate of drug-likeness (QED) is 0.788. The fourth-order valence-electron chi connectivity index (χ4n) is 1.84. The summed E-state index contributed by atoms with van der Waals surface area (Å²) >= 11 is 1.49. The summed E-state index contributed by atoms with van der Waals surface area (Å²) < 4.78 is 10.5. The van der Waals surface area contributed by atoms with E-state index in [2.05, 4.69) is 4.98 Å². The van der Waals surface area contributed by atoms with Crippen molar-refractivity contribution in [2.75, 3.05) is 14.2 Å². The number of ether oxygens (including phenoxy) is 2. The molecule has 0 atom stereocenters. The van der Waals surface area contributed by atoms with Crippen LogP contribution in [0.2, 0.25) is 0 Å². The van der Waals surface area contributed by atoms with Crippen LogP contribution in [0, 0.1) is 6.92 Å². The Balaban J connectivity index is 2.32. The molecule has 4 nitrogen and oxygen atoms in total. The average Bonchev–Trinajstić information content (AvgIpc) is 2.82. The lowest BCUT2D eigenvalue weighted by molar-refractivity contribution is 0.0987. The van der Waals surface area contributed by atoms with Gasteiger partial charge in [0.1, 0.15) is 22.1 Å². The van der Waals surface area contributed by atoms with E-state index in [1.165, 1.54) is 11.3 Å². The highest BCUT2D eigenvalue weighted by Gasteiger charge is 2.19. The number of hydrogen-bond donors (Lipinski definition) is 0. The summed E-state index contributed by atoms with van der Waals surface area (Å²) in [6.07, 6.45) is 0.259. The maximum atomic E-state index is 12.4. The zero-order valence-corrected chi connectivity index (χ0v) is 11.9. The van der Waals surface area contributed by atoms with Crippen LogP contribution in [-0.4, -0.2) is 25.0 Å². The fourth-order valence-corrected chi connectivity index (χ4v) is 2.61. The Bertz CT molecular complexity index is 570. The molecular weight excluding hydrogens is 262 g/mol. The van der Waals surface area contributed by atoms with Crippen molar-refractivity contribution < 1.29 is 14.3 Å². The number of carbonyl (C=O) groups is 1. The van der Waals surface area contributed by atoms with Gasteiger partial charge in [0.25, 0.3) is 0 Å². The maximum absolute atomic E-state index is 12.4. The van der Waals surface area contributed by atoms with Crippen LogP contribution in [0.1, 0.15) is 21.1 Å². The molecule has 2 aromatic rings. The second-order valence-electron chi connectivity index (χ2n) is 4.02. The zero-order chi connectivity index (χ0) is 13.8. The van der Waals surface area contributed by atoms with Crippen LogP contribution in [0.4, 0.5) is 0 Å². The van der Waals surface area contributed by atoms with Crippen molar-refractivity contribution >= 4 is 17.1 Å². The molecule has 0 bridgehead atoms. The molecule has 0 radical (unpaired) electrons. The van der Waals surface area contributed by atoms with Crippen molar-refractivity contribution in [3.63, 3.8) is 0 Å². The first-order chi connectivity index (χ1) is 9.15. The van der Waals surface area contributed by atoms with Crippen LogP contribution < -0.4 is 9.47 Å². The number of benzene rings is 1. The number of ketones is 1. The molecule has 0 fully saturated rings. The summed E-state index contributed by atoms with van der Waals surface area (Å²) in [4.78, 5) is 16.7. The van der Waals surface area contributed by atoms with E-state index in [4.69, 9.17) is 9.47 Å². The Morgan fingerprint density at radius 1 is 1.26 bits per heavy atom. The molecule has 2 rings (SSSR count). The predicted molar refractivity (Wildman–Crippen MR) is 74.4 cm³/mol. The Labute approximate surface area is 116 Å². The lowest BCUT2D eigenvalue weighted by Gasteiger charge is -2.11. The van der Waals surface area contributed by atoms with Gasteiger partial charge in [0.05, 0.1) is 20.6 Å². The molecule has 0 aliphatic carbocycles. The van der Waals surface area contributed by atoms with Crippen LogP contribution in [0.3, 0.4) is 0 Å². The van der Waals surface area contributed by atoms with E-state index in [9.17, 15) is 4.79 Å². The highest BCUT2D eigenvalue weighted by atomic mass is 32.1. The van der Waals surface area contributed by atoms with E-state index < -0.39 is 0 Å². The van der Waals surface area contributed by atoms with Gasteiger partial charge in [-0.15, -0.1) is 11.3 Å². The Morgan fingerprint density at radius 2 is 1.89 bits per heavy atom. The summed E-state index contributed by atoms with van der Waals surface area (Å²) in [5.41, 5.74) is 1.40. The largest absolute Gasteiger partial charge is 0.496 e. The molecule has 1 aromatic carbocycles. The van der Waals surface area contributed by atoms with Crippen LogP contribution in [0.15, 0.2) is 23.6 Å². The third-order valence-corrected chi connectivity index (χ3v) is 3.65. The molecule has 0 N–H and O–H groups in total. The predicted octanol–water partition coefficient (Wildman–Crippen LogP) is 2.89. The van der Waals surface area contributed by atoms with Gasteiger partial charge in [-0.2, -0.15) is 0 Å². The molecule has 0 saturated heterocycles. The Morgan fingerprint density at radius 3 is 2.37 bits per heavy atom. The summed E-state index contributed by atoms with van der Waals surface area (Å²) in [5, 5.41) is 2.73. The molecule has 1 aromatic heterocycles. The average molecular weight is 277 g/mol. The highest BCUT2D eigenvalue weighted by molar-refractivity contribution is 7.09. The van der Waals surface area contributed by atoms with Crippen molar-refractivity contribution in [1.29, 1.82) is 0 Å². The third-order valence-electron chi connectivity index (χ3n) is 2.69. The minimum Gasteiger partial charge on any atom is -0.496 e. The number of rotatable bonds is 5. The third kappa shape index (κ3) is 2.93. The lowest BCUT2D eigenvalue weighted by Crippen LogP contribution is -2.08. The van der Waals surface area contributed by atoms with E-state index in [0.717, 1.165) is 10.7 Å². The first-order valence-electron chi connectivity index (χ1n) is 5.81. The summed E-state index contributed by atoms with van der Waals surface area (Å²) in [7, 11) is 3.08. The number of thiazole rings is 1. The van der Waals surface area contributed by atoms with Gasteiger partial charge in [-0.1, -0.05) is 6.07 Å². The van der Waals surface area contributed by atoms with Gasteiger partial charge in [-0.3, -0.25) is 4.79 Å². The van der Waals surface area contributed by atoms with E-state index >= 15 is 0 Å². The molecule has 1 heterocycles. The molecule has 0 amide bonds. The SMILES string of the molecule is COc1cccc(OC)c1C(=O)Cc1nc(C)cs1. The highest BCUT2D eigenvalue weighted by Crippen LogP contribution is 2.29. The van der Waals surface area contributed by atoms with Crippen molar-refractivity contribution in [2.24, 2.45) is 0 Å². The molecule has 100 valence electrons. The van der Waals surface area contributed by atoms with Gasteiger partial charge in [-0.25, -0.2) is 4.98 Å². The summed E-state index contributed by atoms with van der Waals surface area (Å²) in [5.74, 6) is 0.999. The first-order valence-corrected chi connectivity index (χ1v) is 6.69. The van der Waals surface area contributed by atoms with Gasteiger partial charge >= 0.3 is 0 Å². The standard InChI is InChI=1S/C14H15NO3S/c1-9-8-19-13(15-9)7-10(16)14-11(17-2)5-4-6-12(14)18-3/h4-6,8H,7H2,1-3H3. The van der Waals surface area contributed by atoms with Gasteiger partial charge < -0.3 is 9.47 Å². The number of nitrogens with zero attached hydrogens (tertiary/aromatic N) is 1. The molecule has 19 heavy (non-hydrogen) atoms. The normalized spacial score (nSPS) is 10.3. The monoisotopic (exact) mass is 277 g/mol. The van der Waals surface area contributed by atoms with Crippen molar-refractivity contribution in [1.82, 2.24) is 4.98 Å². The van der Waals surface area contributed by atoms with E-state index in [0.29, 0.717) is 17.1 Å². The van der Waals surface area contributed by atoms with E-state index in [-0.39, 0.29) is 12.2 Å². The van der Waals surface area contributed by atoms with Crippen molar-refractivity contribution in [3.8, 4) is 11.5 Å². The number of methoxy groups -OCH3 is 2. The molecule has 5 heteroatoms. The molecule has 0 saturated carbocycles. The maximum Gasteiger partial charge on any atom is 0.177 e. The second-order valence-corrected chi connectivity index (χ2v) is 4.96. The Hall–Kier alpha value is -1.88. The van der Waals surface area contributed by atoms with Gasteiger partial charge in [0, 0.05) is 11.1 Å². The smallest absolute Gasteiger partial charge is 0.177 e. The van der Waals surface area contributed by atoms with Crippen molar-refractivity contribution in [2.45, 2.75) is 13.3 Å². The molecule has 0 aliphatic heterocycles.